The van der Waals surface area contributed by atoms with Gasteiger partial charge in [-0.2, -0.15) is 10.2 Å². The van der Waals surface area contributed by atoms with Crippen LogP contribution in [0.1, 0.15) is 11.1 Å². The number of aromatic nitrogens is 6. The van der Waals surface area contributed by atoms with Crippen LogP contribution in [0, 0.1) is 0 Å². The van der Waals surface area contributed by atoms with Crippen LogP contribution in [0.3, 0.4) is 0 Å². The van der Waals surface area contributed by atoms with Crippen molar-refractivity contribution in [2.24, 2.45) is 10.2 Å². The lowest BCUT2D eigenvalue weighted by atomic mass is 10.1. The predicted octanol–water partition coefficient (Wildman–Crippen LogP) is 4.77. The van der Waals surface area contributed by atoms with Gasteiger partial charge in [0.1, 0.15) is 11.0 Å². The molecule has 36 heavy (non-hydrogen) atoms. The highest BCUT2D eigenvalue weighted by atomic mass is 15.4. The molecule has 0 fully saturated rings. The maximum Gasteiger partial charge on any atom is 0.113 e. The van der Waals surface area contributed by atoms with Crippen molar-refractivity contribution in [3.63, 3.8) is 0 Å². The van der Waals surface area contributed by atoms with E-state index in [1.807, 2.05) is 119 Å². The molecule has 0 spiro atoms. The van der Waals surface area contributed by atoms with E-state index in [4.69, 9.17) is 10.2 Å². The molecule has 0 aliphatic carbocycles. The maximum atomic E-state index is 4.77. The first-order chi connectivity index (χ1) is 17.8. The standard InChI is InChI=1S/C28H22N8/c1-3-11-21(12-4-1)25(19-35-27-17-9-7-15-23(27)31-33-35)29-30-26(22-13-5-2-6-14-22)20-36-28-18-10-8-16-24(28)32-34-36/h1-18H,19-20H2. The van der Waals surface area contributed by atoms with Crippen LogP contribution in [0.2, 0.25) is 0 Å². The third-order valence-electron chi connectivity index (χ3n) is 5.94. The highest BCUT2D eigenvalue weighted by molar-refractivity contribution is 6.04. The molecular weight excluding hydrogens is 448 g/mol. The lowest BCUT2D eigenvalue weighted by Gasteiger charge is -2.09. The van der Waals surface area contributed by atoms with E-state index < -0.39 is 0 Å². The third kappa shape index (κ3) is 4.39. The molecule has 0 radical (unpaired) electrons. The summed E-state index contributed by atoms with van der Waals surface area (Å²) < 4.78 is 3.70. The second kappa shape index (κ2) is 9.71. The Morgan fingerprint density at radius 3 is 1.33 bits per heavy atom. The van der Waals surface area contributed by atoms with E-state index in [9.17, 15) is 0 Å². The van der Waals surface area contributed by atoms with Gasteiger partial charge in [0.15, 0.2) is 0 Å². The number of nitrogens with zero attached hydrogens (tertiary/aromatic N) is 8. The van der Waals surface area contributed by atoms with E-state index in [1.54, 1.807) is 0 Å². The van der Waals surface area contributed by atoms with Gasteiger partial charge in [-0.25, -0.2) is 9.36 Å². The Morgan fingerprint density at radius 1 is 0.500 bits per heavy atom. The zero-order valence-electron chi connectivity index (χ0n) is 19.4. The van der Waals surface area contributed by atoms with Gasteiger partial charge in [-0.1, -0.05) is 95.4 Å². The Balaban J connectivity index is 1.43. The number of fused-ring (bicyclic) bond motifs is 2. The van der Waals surface area contributed by atoms with Gasteiger partial charge in [0.05, 0.1) is 35.5 Å². The van der Waals surface area contributed by atoms with Crippen LogP contribution in [0.15, 0.2) is 119 Å². The molecule has 0 bridgehead atoms. The summed E-state index contributed by atoms with van der Waals surface area (Å²) in [6.45, 7) is 0.866. The van der Waals surface area contributed by atoms with Crippen molar-refractivity contribution >= 4 is 33.5 Å². The Bertz CT molecular complexity index is 1550. The zero-order chi connectivity index (χ0) is 24.2. The van der Waals surface area contributed by atoms with Crippen molar-refractivity contribution in [2.75, 3.05) is 0 Å². The number of hydrogen-bond donors (Lipinski definition) is 0. The van der Waals surface area contributed by atoms with E-state index in [-0.39, 0.29) is 0 Å². The molecule has 6 rings (SSSR count). The minimum atomic E-state index is 0.433. The molecule has 2 heterocycles. The maximum absolute atomic E-state index is 4.77. The Labute approximate surface area is 207 Å². The van der Waals surface area contributed by atoms with Crippen molar-refractivity contribution in [1.82, 2.24) is 30.0 Å². The van der Waals surface area contributed by atoms with E-state index in [1.165, 1.54) is 0 Å². The molecule has 0 aliphatic heterocycles. The molecular formula is C28H22N8. The Kier molecular flexibility index (Phi) is 5.81. The van der Waals surface area contributed by atoms with Crippen LogP contribution in [0.25, 0.3) is 22.1 Å². The number of rotatable bonds is 7. The molecule has 4 aromatic carbocycles. The van der Waals surface area contributed by atoms with Crippen molar-refractivity contribution in [3.05, 3.63) is 120 Å². The van der Waals surface area contributed by atoms with Crippen molar-refractivity contribution < 1.29 is 0 Å². The van der Waals surface area contributed by atoms with Gasteiger partial charge in [-0.05, 0) is 35.4 Å². The lowest BCUT2D eigenvalue weighted by Crippen LogP contribution is -2.15. The molecule has 0 unspecified atom stereocenters. The topological polar surface area (TPSA) is 86.1 Å². The molecule has 8 nitrogen and oxygen atoms in total. The SMILES string of the molecule is c1ccc(C(Cn2nnc3ccccc32)=NN=C(Cn2nnc3ccccc32)c2ccccc2)cc1. The summed E-state index contributed by atoms with van der Waals surface area (Å²) >= 11 is 0. The fourth-order valence-corrected chi connectivity index (χ4v) is 4.10. The summed E-state index contributed by atoms with van der Waals surface area (Å²) in [4.78, 5) is 0. The predicted molar refractivity (Wildman–Crippen MR) is 141 cm³/mol. The van der Waals surface area contributed by atoms with Gasteiger partial charge in [0.2, 0.25) is 0 Å². The van der Waals surface area contributed by atoms with E-state index in [2.05, 4.69) is 20.6 Å². The lowest BCUT2D eigenvalue weighted by molar-refractivity contribution is 0.696. The van der Waals surface area contributed by atoms with Gasteiger partial charge in [0.25, 0.3) is 0 Å². The molecule has 8 heteroatoms. The Morgan fingerprint density at radius 2 is 0.889 bits per heavy atom. The average molecular weight is 471 g/mol. The van der Waals surface area contributed by atoms with Gasteiger partial charge in [-0.3, -0.25) is 0 Å². The second-order valence-corrected chi connectivity index (χ2v) is 8.30. The zero-order valence-corrected chi connectivity index (χ0v) is 19.4. The summed E-state index contributed by atoms with van der Waals surface area (Å²) in [5.74, 6) is 0. The van der Waals surface area contributed by atoms with Crippen LogP contribution in [-0.2, 0) is 13.1 Å². The monoisotopic (exact) mass is 470 g/mol. The number of benzene rings is 4. The van der Waals surface area contributed by atoms with Crippen molar-refractivity contribution in [2.45, 2.75) is 13.1 Å². The highest BCUT2D eigenvalue weighted by Gasteiger charge is 2.12. The summed E-state index contributed by atoms with van der Waals surface area (Å²) in [7, 11) is 0. The quantitative estimate of drug-likeness (QED) is 0.248. The highest BCUT2D eigenvalue weighted by Crippen LogP contribution is 2.14. The first-order valence-corrected chi connectivity index (χ1v) is 11.7. The molecule has 0 N–H and O–H groups in total. The Hall–Kier alpha value is -4.98. The summed E-state index contributed by atoms with van der Waals surface area (Å²) in [6, 6.07) is 35.9. The third-order valence-corrected chi connectivity index (χ3v) is 5.94. The van der Waals surface area contributed by atoms with Gasteiger partial charge in [0, 0.05) is 0 Å². The smallest absolute Gasteiger partial charge is 0.113 e. The van der Waals surface area contributed by atoms with E-state index >= 15 is 0 Å². The van der Waals surface area contributed by atoms with Crippen LogP contribution in [0.5, 0.6) is 0 Å². The minimum Gasteiger partial charge on any atom is -0.239 e. The van der Waals surface area contributed by atoms with Crippen LogP contribution in [0.4, 0.5) is 0 Å². The molecule has 0 aliphatic rings. The fourth-order valence-electron chi connectivity index (χ4n) is 4.10. The first-order valence-electron chi connectivity index (χ1n) is 11.7. The van der Waals surface area contributed by atoms with E-state index in [0.717, 1.165) is 44.6 Å². The van der Waals surface area contributed by atoms with E-state index in [0.29, 0.717) is 13.1 Å². The normalized spacial score (nSPS) is 12.4. The number of para-hydroxylation sites is 2. The molecule has 174 valence electrons. The van der Waals surface area contributed by atoms with Crippen molar-refractivity contribution in [3.8, 4) is 0 Å². The fraction of sp³-hybridized carbons (Fsp3) is 0.0714. The molecule has 2 aromatic heterocycles. The molecule has 6 aromatic rings. The van der Waals surface area contributed by atoms with Gasteiger partial charge < -0.3 is 0 Å². The minimum absolute atomic E-state index is 0.433. The largest absolute Gasteiger partial charge is 0.239 e. The number of hydrogen-bond acceptors (Lipinski definition) is 6. The molecule has 0 atom stereocenters. The molecule has 0 saturated carbocycles. The van der Waals surface area contributed by atoms with Crippen LogP contribution >= 0.6 is 0 Å². The summed E-state index contributed by atoms with van der Waals surface area (Å²) in [5, 5.41) is 26.8. The summed E-state index contributed by atoms with van der Waals surface area (Å²) in [5.41, 5.74) is 7.09. The average Bonchev–Trinajstić information content (AvgIpc) is 3.55. The van der Waals surface area contributed by atoms with Gasteiger partial charge in [-0.15, -0.1) is 10.2 Å². The van der Waals surface area contributed by atoms with Crippen molar-refractivity contribution in [1.29, 1.82) is 0 Å². The van der Waals surface area contributed by atoms with Gasteiger partial charge >= 0.3 is 0 Å². The second-order valence-electron chi connectivity index (χ2n) is 8.30. The molecule has 0 amide bonds. The summed E-state index contributed by atoms with van der Waals surface area (Å²) in [6.07, 6.45) is 0. The van der Waals surface area contributed by atoms with Crippen LogP contribution in [-0.4, -0.2) is 41.4 Å². The first kappa shape index (κ1) is 21.5. The molecule has 0 saturated heterocycles. The van der Waals surface area contributed by atoms with Crippen LogP contribution < -0.4 is 0 Å².